The maximum absolute atomic E-state index is 9.92. The second kappa shape index (κ2) is 9.85. The van der Waals surface area contributed by atoms with Gasteiger partial charge in [0.05, 0.1) is 12.2 Å². The second-order valence-electron chi connectivity index (χ2n) is 6.53. The van der Waals surface area contributed by atoms with Gasteiger partial charge < -0.3 is 40.1 Å². The van der Waals surface area contributed by atoms with E-state index in [0.717, 1.165) is 0 Å². The van der Waals surface area contributed by atoms with Gasteiger partial charge in [-0.15, -0.1) is 0 Å². The van der Waals surface area contributed by atoms with Crippen LogP contribution in [0.1, 0.15) is 41.0 Å². The molecule has 0 aromatic rings. The number of ether oxygens (including phenoxy) is 2. The van der Waals surface area contributed by atoms with E-state index >= 15 is 0 Å². The van der Waals surface area contributed by atoms with Crippen LogP contribution in [0.15, 0.2) is 0 Å². The van der Waals surface area contributed by atoms with E-state index < -0.39 is 55.6 Å². The molecule has 6 N–H and O–H groups in total. The van der Waals surface area contributed by atoms with Crippen LogP contribution in [0, 0.1) is 11.8 Å². The van der Waals surface area contributed by atoms with Crippen molar-refractivity contribution in [3.05, 3.63) is 0 Å². The molecule has 0 spiro atoms. The highest BCUT2D eigenvalue weighted by Gasteiger charge is 2.39. The largest absolute Gasteiger partial charge is 0.396 e. The molecule has 0 saturated heterocycles. The fraction of sp³-hybridized carbons (Fsp3) is 1.00. The van der Waals surface area contributed by atoms with Crippen molar-refractivity contribution >= 4 is 0 Å². The Bertz CT molecular complexity index is 321. The number of aliphatic hydroxyl groups excluding tert-OH is 4. The van der Waals surface area contributed by atoms with E-state index in [9.17, 15) is 30.6 Å². The van der Waals surface area contributed by atoms with Gasteiger partial charge in [-0.05, 0) is 26.7 Å². The van der Waals surface area contributed by atoms with E-state index in [1.165, 1.54) is 6.92 Å². The average Bonchev–Trinajstić information content (AvgIpc) is 2.42. The molecular weight excluding hydrogens is 308 g/mol. The van der Waals surface area contributed by atoms with Crippen molar-refractivity contribution < 1.29 is 40.1 Å². The summed E-state index contributed by atoms with van der Waals surface area (Å²) in [5.41, 5.74) is 0. The molecule has 0 heterocycles. The lowest BCUT2D eigenvalue weighted by Gasteiger charge is -2.34. The Hall–Kier alpha value is -0.320. The molecule has 23 heavy (non-hydrogen) atoms. The van der Waals surface area contributed by atoms with Crippen molar-refractivity contribution in [2.75, 3.05) is 6.61 Å². The third-order valence-electron chi connectivity index (χ3n) is 3.59. The standard InChI is InChI=1S/C15H32O8/c1-8(2)12(17)13(18)23-10(5)11(7-16)6-15(20,21)14(19)22-9(3)4/h8-14,16-21H,6-7H2,1-5H3/t10?,11-,12?,13?,14?/m1/s1. The minimum absolute atomic E-state index is 0.235. The van der Waals surface area contributed by atoms with E-state index in [0.29, 0.717) is 0 Å². The van der Waals surface area contributed by atoms with Gasteiger partial charge in [-0.1, -0.05) is 13.8 Å². The van der Waals surface area contributed by atoms with Crippen LogP contribution in [0.25, 0.3) is 0 Å². The molecule has 0 aliphatic heterocycles. The Morgan fingerprint density at radius 1 is 0.913 bits per heavy atom. The minimum atomic E-state index is -2.59. The fourth-order valence-corrected chi connectivity index (χ4v) is 1.97. The molecule has 0 rings (SSSR count). The topological polar surface area (TPSA) is 140 Å². The Balaban J connectivity index is 4.74. The highest BCUT2D eigenvalue weighted by atomic mass is 16.7. The monoisotopic (exact) mass is 340 g/mol. The molecule has 0 aromatic heterocycles. The average molecular weight is 340 g/mol. The molecule has 8 nitrogen and oxygen atoms in total. The van der Waals surface area contributed by atoms with Gasteiger partial charge in [0, 0.05) is 18.9 Å². The van der Waals surface area contributed by atoms with E-state index in [1.807, 2.05) is 0 Å². The molecule has 0 fully saturated rings. The Morgan fingerprint density at radius 2 is 1.43 bits per heavy atom. The fourth-order valence-electron chi connectivity index (χ4n) is 1.97. The lowest BCUT2D eigenvalue weighted by Crippen LogP contribution is -2.49. The predicted molar refractivity (Wildman–Crippen MR) is 82.0 cm³/mol. The molecule has 0 saturated carbocycles. The van der Waals surface area contributed by atoms with Crippen molar-refractivity contribution in [1.82, 2.24) is 0 Å². The summed E-state index contributed by atoms with van der Waals surface area (Å²) in [5.74, 6) is -3.62. The van der Waals surface area contributed by atoms with Crippen LogP contribution < -0.4 is 0 Å². The van der Waals surface area contributed by atoms with Gasteiger partial charge in [0.15, 0.2) is 6.29 Å². The van der Waals surface area contributed by atoms with Crippen molar-refractivity contribution in [2.24, 2.45) is 11.8 Å². The van der Waals surface area contributed by atoms with Crippen molar-refractivity contribution in [2.45, 2.75) is 77.7 Å². The van der Waals surface area contributed by atoms with Crippen LogP contribution in [0.3, 0.4) is 0 Å². The van der Waals surface area contributed by atoms with Gasteiger partial charge in [-0.2, -0.15) is 0 Å². The third-order valence-corrected chi connectivity index (χ3v) is 3.59. The maximum atomic E-state index is 9.92. The van der Waals surface area contributed by atoms with Crippen LogP contribution in [0.2, 0.25) is 0 Å². The molecule has 0 amide bonds. The quantitative estimate of drug-likeness (QED) is 0.267. The molecule has 8 heteroatoms. The first-order valence-electron chi connectivity index (χ1n) is 7.83. The molecule has 0 aromatic carbocycles. The molecular formula is C15H32O8. The molecule has 0 bridgehead atoms. The van der Waals surface area contributed by atoms with Gasteiger partial charge in [-0.25, -0.2) is 0 Å². The van der Waals surface area contributed by atoms with Crippen LogP contribution in [0.4, 0.5) is 0 Å². The zero-order chi connectivity index (χ0) is 18.4. The summed E-state index contributed by atoms with van der Waals surface area (Å²) < 4.78 is 10.2. The van der Waals surface area contributed by atoms with E-state index in [-0.39, 0.29) is 5.92 Å². The summed E-state index contributed by atoms with van der Waals surface area (Å²) in [5, 5.41) is 58.4. The Morgan fingerprint density at radius 3 is 1.83 bits per heavy atom. The van der Waals surface area contributed by atoms with Gasteiger partial charge in [-0.3, -0.25) is 0 Å². The molecule has 4 unspecified atom stereocenters. The molecule has 5 atom stereocenters. The van der Waals surface area contributed by atoms with Gasteiger partial charge in [0.2, 0.25) is 12.1 Å². The summed E-state index contributed by atoms with van der Waals surface area (Å²) in [4.78, 5) is 0. The lowest BCUT2D eigenvalue weighted by atomic mass is 9.94. The van der Waals surface area contributed by atoms with E-state index in [1.54, 1.807) is 27.7 Å². The normalized spacial score (nSPS) is 19.7. The van der Waals surface area contributed by atoms with Crippen LogP contribution in [-0.4, -0.2) is 73.9 Å². The second-order valence-corrected chi connectivity index (χ2v) is 6.53. The third kappa shape index (κ3) is 7.86. The first-order valence-corrected chi connectivity index (χ1v) is 7.83. The molecule has 0 radical (unpaired) electrons. The van der Waals surface area contributed by atoms with Gasteiger partial charge >= 0.3 is 0 Å². The first kappa shape index (κ1) is 22.7. The summed E-state index contributed by atoms with van der Waals surface area (Å²) in [6, 6.07) is 0. The van der Waals surface area contributed by atoms with Gasteiger partial charge in [0.1, 0.15) is 6.10 Å². The summed E-state index contributed by atoms with van der Waals surface area (Å²) in [6.45, 7) is 7.71. The van der Waals surface area contributed by atoms with E-state index in [2.05, 4.69) is 0 Å². The van der Waals surface area contributed by atoms with E-state index in [4.69, 9.17) is 9.47 Å². The minimum Gasteiger partial charge on any atom is -0.396 e. The van der Waals surface area contributed by atoms with Crippen LogP contribution in [0.5, 0.6) is 0 Å². The van der Waals surface area contributed by atoms with Crippen molar-refractivity contribution in [3.63, 3.8) is 0 Å². The molecule has 0 aliphatic carbocycles. The summed E-state index contributed by atoms with van der Waals surface area (Å²) in [7, 11) is 0. The number of hydrogen-bond acceptors (Lipinski definition) is 8. The number of hydrogen-bond donors (Lipinski definition) is 6. The number of rotatable bonds is 11. The zero-order valence-corrected chi connectivity index (χ0v) is 14.5. The molecule has 140 valence electrons. The maximum Gasteiger partial charge on any atom is 0.215 e. The highest BCUT2D eigenvalue weighted by molar-refractivity contribution is 4.78. The zero-order valence-electron chi connectivity index (χ0n) is 14.5. The van der Waals surface area contributed by atoms with Crippen LogP contribution in [-0.2, 0) is 9.47 Å². The number of aliphatic hydroxyl groups is 6. The SMILES string of the molecule is CC(C)OC(O)C(O)(O)C[C@H](CO)C(C)OC(O)C(O)C(C)C. The van der Waals surface area contributed by atoms with Crippen molar-refractivity contribution in [3.8, 4) is 0 Å². The van der Waals surface area contributed by atoms with Gasteiger partial charge in [0.25, 0.3) is 0 Å². The lowest BCUT2D eigenvalue weighted by molar-refractivity contribution is -0.323. The van der Waals surface area contributed by atoms with Crippen LogP contribution >= 0.6 is 0 Å². The van der Waals surface area contributed by atoms with Crippen molar-refractivity contribution in [1.29, 1.82) is 0 Å². The summed E-state index contributed by atoms with van der Waals surface area (Å²) >= 11 is 0. The Labute approximate surface area is 137 Å². The Kier molecular flexibility index (Phi) is 9.71. The molecule has 0 aliphatic rings. The summed E-state index contributed by atoms with van der Waals surface area (Å²) in [6.07, 6.45) is -6.10. The predicted octanol–water partition coefficient (Wildman–Crippen LogP) is -0.850. The smallest absolute Gasteiger partial charge is 0.215 e. The highest BCUT2D eigenvalue weighted by Crippen LogP contribution is 2.25. The first-order chi connectivity index (χ1) is 10.4.